The van der Waals surface area contributed by atoms with Crippen LogP contribution in [0, 0.1) is 5.92 Å². The SMILES string of the molecule is CCOc1cc(OC)ccc1C1=NC(CC2CCCC2)C(c2ccc(Cl)cc2)N1C(=O)N1CCC(N2CCCC2)CC1. The van der Waals surface area contributed by atoms with Crippen molar-refractivity contribution in [1.29, 1.82) is 0 Å². The molecule has 0 spiro atoms. The molecule has 6 rings (SSSR count). The van der Waals surface area contributed by atoms with E-state index in [2.05, 4.69) is 21.9 Å². The smallest absolute Gasteiger partial charge is 0.326 e. The molecule has 3 heterocycles. The first-order valence-electron chi connectivity index (χ1n) is 16.0. The summed E-state index contributed by atoms with van der Waals surface area (Å²) in [5.41, 5.74) is 1.92. The van der Waals surface area contributed by atoms with Crippen LogP contribution in [0.4, 0.5) is 4.79 Å². The fraction of sp³-hybridized carbons (Fsp3) is 0.588. The van der Waals surface area contributed by atoms with Crippen LogP contribution in [0.15, 0.2) is 47.5 Å². The summed E-state index contributed by atoms with van der Waals surface area (Å²) in [6, 6.07) is 14.3. The summed E-state index contributed by atoms with van der Waals surface area (Å²) in [7, 11) is 1.66. The number of aliphatic imine (C=N–C) groups is 1. The van der Waals surface area contributed by atoms with Gasteiger partial charge >= 0.3 is 6.03 Å². The molecule has 8 heteroatoms. The molecule has 2 amide bonds. The van der Waals surface area contributed by atoms with Crippen LogP contribution in [0.1, 0.15) is 81.9 Å². The van der Waals surface area contributed by atoms with Crippen LogP contribution in [-0.4, -0.2) is 78.5 Å². The van der Waals surface area contributed by atoms with Gasteiger partial charge in [0.15, 0.2) is 0 Å². The van der Waals surface area contributed by atoms with E-state index in [0.29, 0.717) is 35.2 Å². The molecular formula is C34H45ClN4O3. The summed E-state index contributed by atoms with van der Waals surface area (Å²) in [5, 5.41) is 0.695. The fourth-order valence-corrected chi connectivity index (χ4v) is 7.70. The topological polar surface area (TPSA) is 57.6 Å². The van der Waals surface area contributed by atoms with Crippen molar-refractivity contribution in [3.05, 3.63) is 58.6 Å². The standard InChI is InChI=1S/C34H45ClN4O3/c1-3-42-31-23-28(41-2)14-15-29(31)33-36-30(22-24-8-4-5-9-24)32(25-10-12-26(35)13-11-25)39(33)34(40)38-20-16-27(17-21-38)37-18-6-7-19-37/h10-15,23-24,27,30,32H,3-9,16-22H2,1-2H3. The van der Waals surface area contributed by atoms with Crippen molar-refractivity contribution < 1.29 is 14.3 Å². The predicted molar refractivity (Wildman–Crippen MR) is 168 cm³/mol. The number of rotatable bonds is 8. The first kappa shape index (κ1) is 29.3. The average Bonchev–Trinajstić information content (AvgIpc) is 3.80. The van der Waals surface area contributed by atoms with Gasteiger partial charge in [0, 0.05) is 30.2 Å². The lowest BCUT2D eigenvalue weighted by Gasteiger charge is -2.40. The van der Waals surface area contributed by atoms with E-state index in [-0.39, 0.29) is 18.1 Å². The molecule has 1 saturated carbocycles. The van der Waals surface area contributed by atoms with E-state index in [0.717, 1.165) is 49.2 Å². The number of carbonyl (C=O) groups is 1. The molecule has 3 fully saturated rings. The second-order valence-corrected chi connectivity index (χ2v) is 12.7. The van der Waals surface area contributed by atoms with E-state index in [1.165, 1.54) is 51.6 Å². The van der Waals surface area contributed by atoms with Crippen molar-refractivity contribution in [2.24, 2.45) is 10.9 Å². The number of likely N-dealkylation sites (tertiary alicyclic amines) is 2. The zero-order chi connectivity index (χ0) is 29.1. The molecule has 2 atom stereocenters. The minimum absolute atomic E-state index is 0.0352. The van der Waals surface area contributed by atoms with Crippen LogP contribution in [0.3, 0.4) is 0 Å². The Bertz CT molecular complexity index is 1250. The molecule has 2 unspecified atom stereocenters. The highest BCUT2D eigenvalue weighted by Gasteiger charge is 2.45. The number of urea groups is 1. The van der Waals surface area contributed by atoms with Crippen molar-refractivity contribution in [3.63, 3.8) is 0 Å². The molecule has 0 N–H and O–H groups in total. The second-order valence-electron chi connectivity index (χ2n) is 12.3. The zero-order valence-electron chi connectivity index (χ0n) is 25.1. The third kappa shape index (κ3) is 6.14. The molecule has 226 valence electrons. The number of amides is 2. The summed E-state index contributed by atoms with van der Waals surface area (Å²) in [4.78, 5) is 26.8. The molecular weight excluding hydrogens is 548 g/mol. The quantitative estimate of drug-likeness (QED) is 0.326. The van der Waals surface area contributed by atoms with Crippen LogP contribution >= 0.6 is 11.6 Å². The number of halogens is 1. The molecule has 4 aliphatic rings. The largest absolute Gasteiger partial charge is 0.497 e. The van der Waals surface area contributed by atoms with Gasteiger partial charge in [-0.05, 0) is 87.9 Å². The minimum atomic E-state index is -0.196. The number of methoxy groups -OCH3 is 1. The summed E-state index contributed by atoms with van der Waals surface area (Å²) in [6.45, 7) is 6.42. The molecule has 1 aliphatic carbocycles. The Hall–Kier alpha value is -2.77. The van der Waals surface area contributed by atoms with E-state index < -0.39 is 0 Å². The van der Waals surface area contributed by atoms with Crippen LogP contribution in [0.5, 0.6) is 11.5 Å². The second kappa shape index (κ2) is 13.3. The Morgan fingerprint density at radius 2 is 1.67 bits per heavy atom. The van der Waals surface area contributed by atoms with Crippen molar-refractivity contribution in [2.45, 2.75) is 82.8 Å². The molecule has 2 aromatic carbocycles. The van der Waals surface area contributed by atoms with E-state index in [1.54, 1.807) is 7.11 Å². The van der Waals surface area contributed by atoms with Gasteiger partial charge in [0.05, 0.1) is 31.4 Å². The van der Waals surface area contributed by atoms with Gasteiger partial charge < -0.3 is 19.3 Å². The molecule has 42 heavy (non-hydrogen) atoms. The van der Waals surface area contributed by atoms with Crippen molar-refractivity contribution in [3.8, 4) is 11.5 Å². The average molecular weight is 593 g/mol. The lowest BCUT2D eigenvalue weighted by atomic mass is 9.90. The van der Waals surface area contributed by atoms with Crippen molar-refractivity contribution in [2.75, 3.05) is 39.9 Å². The number of hydrogen-bond donors (Lipinski definition) is 0. The highest BCUT2D eigenvalue weighted by atomic mass is 35.5. The van der Waals surface area contributed by atoms with E-state index in [1.807, 2.05) is 42.2 Å². The Labute approximate surface area is 255 Å². The maximum atomic E-state index is 14.7. The number of piperidine rings is 1. The number of carbonyl (C=O) groups excluding carboxylic acids is 1. The Morgan fingerprint density at radius 3 is 2.33 bits per heavy atom. The summed E-state index contributed by atoms with van der Waals surface area (Å²) in [6.07, 6.45) is 10.6. The molecule has 7 nitrogen and oxygen atoms in total. The molecule has 0 radical (unpaired) electrons. The summed E-state index contributed by atoms with van der Waals surface area (Å²) < 4.78 is 11.7. The number of amidine groups is 1. The lowest BCUT2D eigenvalue weighted by Crippen LogP contribution is -2.52. The molecule has 2 aromatic rings. The van der Waals surface area contributed by atoms with Crippen LogP contribution in [-0.2, 0) is 0 Å². The number of ether oxygens (including phenoxy) is 2. The van der Waals surface area contributed by atoms with E-state index in [9.17, 15) is 4.79 Å². The third-order valence-corrected chi connectivity index (χ3v) is 10.00. The maximum absolute atomic E-state index is 14.7. The first-order chi connectivity index (χ1) is 20.6. The Morgan fingerprint density at radius 1 is 0.952 bits per heavy atom. The van der Waals surface area contributed by atoms with Gasteiger partial charge in [-0.2, -0.15) is 0 Å². The summed E-state index contributed by atoms with van der Waals surface area (Å²) >= 11 is 6.34. The molecule has 2 saturated heterocycles. The normalized spacial score (nSPS) is 23.9. The monoisotopic (exact) mass is 592 g/mol. The number of hydrogen-bond acceptors (Lipinski definition) is 5. The van der Waals surface area contributed by atoms with Gasteiger partial charge in [0.2, 0.25) is 0 Å². The Kier molecular flexibility index (Phi) is 9.25. The van der Waals surface area contributed by atoms with Gasteiger partial charge in [-0.1, -0.05) is 49.4 Å². The van der Waals surface area contributed by atoms with E-state index in [4.69, 9.17) is 26.1 Å². The lowest BCUT2D eigenvalue weighted by molar-refractivity contribution is 0.116. The molecule has 3 aliphatic heterocycles. The number of nitrogens with zero attached hydrogens (tertiary/aromatic N) is 4. The van der Waals surface area contributed by atoms with Gasteiger partial charge in [0.25, 0.3) is 0 Å². The third-order valence-electron chi connectivity index (χ3n) is 9.75. The maximum Gasteiger partial charge on any atom is 0.326 e. The van der Waals surface area contributed by atoms with Gasteiger partial charge in [-0.3, -0.25) is 9.89 Å². The number of benzene rings is 2. The van der Waals surface area contributed by atoms with Crippen LogP contribution < -0.4 is 9.47 Å². The van der Waals surface area contributed by atoms with E-state index >= 15 is 0 Å². The fourth-order valence-electron chi connectivity index (χ4n) is 7.57. The highest BCUT2D eigenvalue weighted by molar-refractivity contribution is 6.30. The molecule has 0 bridgehead atoms. The predicted octanol–water partition coefficient (Wildman–Crippen LogP) is 7.18. The Balaban J connectivity index is 1.37. The molecule has 0 aromatic heterocycles. The zero-order valence-corrected chi connectivity index (χ0v) is 25.9. The first-order valence-corrected chi connectivity index (χ1v) is 16.4. The van der Waals surface area contributed by atoms with Gasteiger partial charge in [0.1, 0.15) is 17.3 Å². The van der Waals surface area contributed by atoms with Crippen LogP contribution in [0.25, 0.3) is 0 Å². The van der Waals surface area contributed by atoms with Gasteiger partial charge in [-0.15, -0.1) is 0 Å². The highest BCUT2D eigenvalue weighted by Crippen LogP contribution is 2.43. The van der Waals surface area contributed by atoms with Crippen molar-refractivity contribution in [1.82, 2.24) is 14.7 Å². The van der Waals surface area contributed by atoms with Crippen molar-refractivity contribution >= 4 is 23.5 Å². The minimum Gasteiger partial charge on any atom is -0.497 e. The van der Waals surface area contributed by atoms with Gasteiger partial charge in [-0.25, -0.2) is 4.79 Å². The van der Waals surface area contributed by atoms with Crippen LogP contribution in [0.2, 0.25) is 5.02 Å². The summed E-state index contributed by atoms with van der Waals surface area (Å²) in [5.74, 6) is 2.75.